The highest BCUT2D eigenvalue weighted by Crippen LogP contribution is 2.34. The predicted octanol–water partition coefficient (Wildman–Crippen LogP) is 5.60. The zero-order chi connectivity index (χ0) is 29.1. The summed E-state index contributed by atoms with van der Waals surface area (Å²) in [7, 11) is 0. The van der Waals surface area contributed by atoms with Crippen LogP contribution in [0.1, 0.15) is 5.56 Å². The first-order valence-corrected chi connectivity index (χ1v) is 13.2. The minimum atomic E-state index is -4.39. The number of alkyl halides is 3. The summed E-state index contributed by atoms with van der Waals surface area (Å²) in [6.07, 6.45) is -1.37. The van der Waals surface area contributed by atoms with Gasteiger partial charge in [0.05, 0.1) is 15.9 Å². The number of anilines is 2. The summed E-state index contributed by atoms with van der Waals surface area (Å²) in [5, 5.41) is 15.1. The first-order chi connectivity index (χ1) is 19.6. The Labute approximate surface area is 236 Å². The molecule has 41 heavy (non-hydrogen) atoms. The van der Waals surface area contributed by atoms with E-state index < -0.39 is 28.5 Å². The van der Waals surface area contributed by atoms with Gasteiger partial charge in [-0.15, -0.1) is 0 Å². The Bertz CT molecular complexity index is 1610. The number of benzene rings is 3. The Balaban J connectivity index is 1.16. The number of carbonyl (C=O) groups excluding carboxylic acids is 2. The number of fused-ring (bicyclic) bond motifs is 1. The number of nitrogens with zero attached hydrogens (tertiary/aromatic N) is 4. The average Bonchev–Trinajstić information content (AvgIpc) is 2.97. The third kappa shape index (κ3) is 6.24. The molecule has 1 N–H and O–H groups in total. The highest BCUT2D eigenvalue weighted by molar-refractivity contribution is 7.99. The van der Waals surface area contributed by atoms with Crippen molar-refractivity contribution in [3.8, 4) is 0 Å². The number of aromatic nitrogens is 1. The molecule has 9 nitrogen and oxygen atoms in total. The number of hydrogen-bond donors (Lipinski definition) is 1. The number of nitro benzene ring substituents is 1. The van der Waals surface area contributed by atoms with Crippen LogP contribution in [0.4, 0.5) is 30.2 Å². The van der Waals surface area contributed by atoms with Gasteiger partial charge in [-0.05, 0) is 60.7 Å². The molecule has 3 aromatic carbocycles. The molecular weight excluding hydrogens is 559 g/mol. The smallest absolute Gasteiger partial charge is 0.367 e. The van der Waals surface area contributed by atoms with Crippen LogP contribution in [0, 0.1) is 10.1 Å². The van der Waals surface area contributed by atoms with E-state index in [1.807, 2.05) is 4.90 Å². The predicted molar refractivity (Wildman–Crippen MR) is 148 cm³/mol. The Morgan fingerprint density at radius 2 is 1.51 bits per heavy atom. The van der Waals surface area contributed by atoms with Crippen molar-refractivity contribution in [1.82, 2.24) is 9.88 Å². The summed E-state index contributed by atoms with van der Waals surface area (Å²) in [4.78, 5) is 45.3. The number of nitro groups is 1. The summed E-state index contributed by atoms with van der Waals surface area (Å²) >= 11 is 1.27. The number of rotatable bonds is 5. The molecule has 0 aliphatic carbocycles. The maximum atomic E-state index is 12.8. The zero-order valence-corrected chi connectivity index (χ0v) is 22.1. The topological polar surface area (TPSA) is 109 Å². The standard InChI is InChI=1S/C28H22F3N5O4S/c29-28(30,31)18-1-5-20(6-2-18)41-21-7-3-19(4-8-21)33-26(37)27(38)35-15-13-34(14-16-35)24-9-10-25(36(39)40)23-17-32-12-11-22(23)24/h1-12,17H,13-16H2,(H,33,37). The number of carbonyl (C=O) groups is 2. The Kier molecular flexibility index (Phi) is 7.79. The number of halogens is 3. The van der Waals surface area contributed by atoms with E-state index in [0.29, 0.717) is 47.5 Å². The van der Waals surface area contributed by atoms with Crippen molar-refractivity contribution in [3.63, 3.8) is 0 Å². The highest BCUT2D eigenvalue weighted by Gasteiger charge is 2.30. The number of nitrogens with one attached hydrogen (secondary N) is 1. The van der Waals surface area contributed by atoms with Crippen molar-refractivity contribution in [2.24, 2.45) is 0 Å². The molecule has 13 heteroatoms. The fraction of sp³-hybridized carbons (Fsp3) is 0.179. The fourth-order valence-electron chi connectivity index (χ4n) is 4.53. The van der Waals surface area contributed by atoms with Crippen LogP contribution in [0.25, 0.3) is 10.8 Å². The van der Waals surface area contributed by atoms with Crippen LogP contribution in [0.2, 0.25) is 0 Å². The van der Waals surface area contributed by atoms with E-state index in [1.165, 1.54) is 41.1 Å². The molecule has 0 unspecified atom stereocenters. The second kappa shape index (κ2) is 11.5. The minimum Gasteiger partial charge on any atom is -0.367 e. The maximum absolute atomic E-state index is 12.8. The average molecular weight is 582 g/mol. The molecule has 1 saturated heterocycles. The van der Waals surface area contributed by atoms with E-state index in [2.05, 4.69) is 10.3 Å². The maximum Gasteiger partial charge on any atom is 0.416 e. The first kappa shape index (κ1) is 27.9. The van der Waals surface area contributed by atoms with Gasteiger partial charge in [0.2, 0.25) is 0 Å². The molecule has 5 rings (SSSR count). The first-order valence-electron chi connectivity index (χ1n) is 12.4. The lowest BCUT2D eigenvalue weighted by molar-refractivity contribution is -0.383. The lowest BCUT2D eigenvalue weighted by atomic mass is 10.1. The summed E-state index contributed by atoms with van der Waals surface area (Å²) in [6.45, 7) is 1.45. The molecular formula is C28H22F3N5O4S. The molecule has 0 radical (unpaired) electrons. The third-order valence-electron chi connectivity index (χ3n) is 6.60. The molecule has 0 spiro atoms. The molecule has 0 bridgehead atoms. The molecule has 0 saturated carbocycles. The van der Waals surface area contributed by atoms with Gasteiger partial charge in [0.1, 0.15) is 0 Å². The summed E-state index contributed by atoms with van der Waals surface area (Å²) in [5.41, 5.74) is 0.445. The molecule has 1 fully saturated rings. The monoisotopic (exact) mass is 581 g/mol. The van der Waals surface area contributed by atoms with E-state index in [4.69, 9.17) is 0 Å². The fourth-order valence-corrected chi connectivity index (χ4v) is 5.34. The van der Waals surface area contributed by atoms with E-state index >= 15 is 0 Å². The van der Waals surface area contributed by atoms with Crippen molar-refractivity contribution in [2.45, 2.75) is 16.0 Å². The van der Waals surface area contributed by atoms with E-state index in [-0.39, 0.29) is 5.69 Å². The van der Waals surface area contributed by atoms with Crippen LogP contribution >= 0.6 is 11.8 Å². The van der Waals surface area contributed by atoms with Gasteiger partial charge >= 0.3 is 18.0 Å². The lowest BCUT2D eigenvalue weighted by Gasteiger charge is -2.36. The lowest BCUT2D eigenvalue weighted by Crippen LogP contribution is -2.51. The van der Waals surface area contributed by atoms with Gasteiger partial charge in [0, 0.05) is 71.2 Å². The van der Waals surface area contributed by atoms with Crippen molar-refractivity contribution in [1.29, 1.82) is 0 Å². The molecule has 0 atom stereocenters. The van der Waals surface area contributed by atoms with Gasteiger partial charge in [0.15, 0.2) is 0 Å². The minimum absolute atomic E-state index is 0.0337. The number of hydrogen-bond acceptors (Lipinski definition) is 7. The van der Waals surface area contributed by atoms with Crippen molar-refractivity contribution in [2.75, 3.05) is 36.4 Å². The Morgan fingerprint density at radius 1 is 0.878 bits per heavy atom. The zero-order valence-electron chi connectivity index (χ0n) is 21.3. The van der Waals surface area contributed by atoms with Gasteiger partial charge in [-0.25, -0.2) is 0 Å². The number of amides is 2. The van der Waals surface area contributed by atoms with Crippen LogP contribution in [0.5, 0.6) is 0 Å². The molecule has 2 amide bonds. The molecule has 1 aliphatic rings. The second-order valence-corrected chi connectivity index (χ2v) is 10.3. The Hall–Kier alpha value is -4.65. The SMILES string of the molecule is O=C(Nc1ccc(Sc2ccc(C(F)(F)F)cc2)cc1)C(=O)N1CCN(c2ccc([N+](=O)[O-])c3cnccc23)CC1. The normalized spacial score (nSPS) is 13.7. The number of pyridine rings is 1. The van der Waals surface area contributed by atoms with E-state index in [0.717, 1.165) is 22.7 Å². The number of piperazine rings is 1. The molecule has 210 valence electrons. The van der Waals surface area contributed by atoms with Crippen LogP contribution < -0.4 is 10.2 Å². The van der Waals surface area contributed by atoms with Gasteiger partial charge in [-0.3, -0.25) is 24.7 Å². The van der Waals surface area contributed by atoms with Crippen LogP contribution in [0.15, 0.2) is 88.9 Å². The second-order valence-electron chi connectivity index (χ2n) is 9.16. The van der Waals surface area contributed by atoms with Crippen molar-refractivity contribution in [3.05, 3.63) is 94.8 Å². The molecule has 1 aromatic heterocycles. The molecule has 4 aromatic rings. The van der Waals surface area contributed by atoms with E-state index in [9.17, 15) is 32.9 Å². The molecule has 2 heterocycles. The van der Waals surface area contributed by atoms with Crippen LogP contribution in [-0.4, -0.2) is 52.8 Å². The third-order valence-corrected chi connectivity index (χ3v) is 7.62. The quantitative estimate of drug-likeness (QED) is 0.186. The van der Waals surface area contributed by atoms with Gasteiger partial charge in [-0.1, -0.05) is 11.8 Å². The summed E-state index contributed by atoms with van der Waals surface area (Å²) < 4.78 is 38.3. The summed E-state index contributed by atoms with van der Waals surface area (Å²) in [5.74, 6) is -1.46. The van der Waals surface area contributed by atoms with Crippen molar-refractivity contribution < 1.29 is 27.7 Å². The highest BCUT2D eigenvalue weighted by atomic mass is 32.2. The van der Waals surface area contributed by atoms with Crippen molar-refractivity contribution >= 4 is 51.4 Å². The van der Waals surface area contributed by atoms with Gasteiger partial charge in [-0.2, -0.15) is 13.2 Å². The van der Waals surface area contributed by atoms with Crippen LogP contribution in [-0.2, 0) is 15.8 Å². The van der Waals surface area contributed by atoms with Gasteiger partial charge < -0.3 is 15.1 Å². The molecule has 1 aliphatic heterocycles. The van der Waals surface area contributed by atoms with E-state index in [1.54, 1.807) is 42.6 Å². The largest absolute Gasteiger partial charge is 0.416 e. The van der Waals surface area contributed by atoms with Gasteiger partial charge in [0.25, 0.3) is 5.69 Å². The number of non-ortho nitro benzene ring substituents is 1. The Morgan fingerprint density at radius 3 is 2.12 bits per heavy atom. The summed E-state index contributed by atoms with van der Waals surface area (Å²) in [6, 6.07) is 16.3. The van der Waals surface area contributed by atoms with Crippen LogP contribution in [0.3, 0.4) is 0 Å².